The molecule has 3 aromatic rings. The third kappa shape index (κ3) is 4.49. The number of nitrogens with zero attached hydrogens (tertiary/aromatic N) is 4. The topological polar surface area (TPSA) is 86.0 Å². The number of aromatic nitrogens is 4. The van der Waals surface area contributed by atoms with Crippen LogP contribution in [-0.2, 0) is 11.2 Å². The van der Waals surface area contributed by atoms with Crippen molar-refractivity contribution < 1.29 is 9.26 Å². The molecule has 0 radical (unpaired) electrons. The molecule has 3 heterocycles. The summed E-state index contributed by atoms with van der Waals surface area (Å²) in [5, 5.41) is 7.46. The molecule has 0 saturated carbocycles. The largest absolute Gasteiger partial charge is 0.381 e. The quantitative estimate of drug-likeness (QED) is 0.717. The van der Waals surface area contributed by atoms with E-state index in [0.717, 1.165) is 37.7 Å². The number of ether oxygens (including phenoxy) is 1. The molecule has 1 aliphatic rings. The van der Waals surface area contributed by atoms with E-state index in [1.807, 2.05) is 31.2 Å². The second-order valence-corrected chi connectivity index (χ2v) is 6.77. The van der Waals surface area contributed by atoms with Gasteiger partial charge in [-0.05, 0) is 37.3 Å². The molecule has 140 valence electrons. The van der Waals surface area contributed by atoms with Gasteiger partial charge in [0.2, 0.25) is 5.89 Å². The van der Waals surface area contributed by atoms with Gasteiger partial charge in [-0.15, -0.1) is 0 Å². The summed E-state index contributed by atoms with van der Waals surface area (Å²) in [7, 11) is 0. The first-order valence-corrected chi connectivity index (χ1v) is 9.28. The predicted molar refractivity (Wildman–Crippen MR) is 100 cm³/mol. The second kappa shape index (κ2) is 8.26. The number of hydrogen-bond acceptors (Lipinski definition) is 7. The van der Waals surface area contributed by atoms with Gasteiger partial charge in [0.05, 0.1) is 0 Å². The Labute approximate surface area is 158 Å². The molecule has 0 amide bonds. The number of hydrogen-bond donors (Lipinski definition) is 1. The van der Waals surface area contributed by atoms with Crippen LogP contribution < -0.4 is 5.32 Å². The molecule has 0 bridgehead atoms. The van der Waals surface area contributed by atoms with Crippen molar-refractivity contribution >= 4 is 5.82 Å². The van der Waals surface area contributed by atoms with Crippen LogP contribution in [0.15, 0.2) is 47.1 Å². The molecular weight excluding hydrogens is 342 g/mol. The van der Waals surface area contributed by atoms with Crippen molar-refractivity contribution in [2.24, 2.45) is 5.92 Å². The van der Waals surface area contributed by atoms with Crippen LogP contribution in [0.25, 0.3) is 0 Å². The minimum absolute atomic E-state index is 0.0884. The number of aryl methyl sites for hydroxylation is 1. The highest BCUT2D eigenvalue weighted by molar-refractivity contribution is 5.36. The van der Waals surface area contributed by atoms with Crippen LogP contribution in [0, 0.1) is 12.8 Å². The van der Waals surface area contributed by atoms with E-state index in [2.05, 4.69) is 32.6 Å². The van der Waals surface area contributed by atoms with Gasteiger partial charge in [0.15, 0.2) is 5.82 Å². The Morgan fingerprint density at radius 1 is 1.11 bits per heavy atom. The van der Waals surface area contributed by atoms with E-state index < -0.39 is 0 Å². The third-order valence-electron chi connectivity index (χ3n) is 4.76. The van der Waals surface area contributed by atoms with Gasteiger partial charge < -0.3 is 14.6 Å². The maximum Gasteiger partial charge on any atom is 0.249 e. The van der Waals surface area contributed by atoms with E-state index in [4.69, 9.17) is 14.2 Å². The van der Waals surface area contributed by atoms with Gasteiger partial charge in [-0.1, -0.05) is 35.5 Å². The first-order chi connectivity index (χ1) is 13.3. The van der Waals surface area contributed by atoms with Crippen LogP contribution >= 0.6 is 0 Å². The lowest BCUT2D eigenvalue weighted by Gasteiger charge is -2.28. The minimum Gasteiger partial charge on any atom is -0.381 e. The molecule has 7 nitrogen and oxygen atoms in total. The molecule has 0 spiro atoms. The molecular formula is C20H23N5O2. The summed E-state index contributed by atoms with van der Waals surface area (Å²) in [6, 6.07) is 12.0. The highest BCUT2D eigenvalue weighted by atomic mass is 16.5. The SMILES string of the molecule is Cc1noc([C@@H](Nc2ccnc(Cc3ccccc3)n2)C2CCOCC2)n1. The Balaban J connectivity index is 1.54. The number of benzene rings is 1. The van der Waals surface area contributed by atoms with Gasteiger partial charge in [0, 0.05) is 25.8 Å². The van der Waals surface area contributed by atoms with Crippen LogP contribution in [0.4, 0.5) is 5.82 Å². The monoisotopic (exact) mass is 365 g/mol. The lowest BCUT2D eigenvalue weighted by molar-refractivity contribution is 0.0570. The van der Waals surface area contributed by atoms with E-state index in [0.29, 0.717) is 24.1 Å². The Bertz CT molecular complexity index is 862. The molecule has 1 aliphatic heterocycles. The molecule has 1 fully saturated rings. The van der Waals surface area contributed by atoms with Gasteiger partial charge in [0.25, 0.3) is 0 Å². The fourth-order valence-corrected chi connectivity index (χ4v) is 3.37. The Hall–Kier alpha value is -2.80. The molecule has 1 N–H and O–H groups in total. The Morgan fingerprint density at radius 3 is 2.67 bits per heavy atom. The summed E-state index contributed by atoms with van der Waals surface area (Å²) in [6.07, 6.45) is 4.37. The maximum atomic E-state index is 5.51. The molecule has 0 unspecified atom stereocenters. The third-order valence-corrected chi connectivity index (χ3v) is 4.76. The highest BCUT2D eigenvalue weighted by Gasteiger charge is 2.30. The zero-order chi connectivity index (χ0) is 18.5. The summed E-state index contributed by atoms with van der Waals surface area (Å²) in [6.45, 7) is 3.33. The van der Waals surface area contributed by atoms with Crippen molar-refractivity contribution in [3.05, 3.63) is 65.7 Å². The fourth-order valence-electron chi connectivity index (χ4n) is 3.37. The molecule has 2 aromatic heterocycles. The van der Waals surface area contributed by atoms with Gasteiger partial charge in [-0.25, -0.2) is 9.97 Å². The summed E-state index contributed by atoms with van der Waals surface area (Å²) in [5.41, 5.74) is 1.18. The lowest BCUT2D eigenvalue weighted by atomic mass is 9.91. The van der Waals surface area contributed by atoms with Crippen molar-refractivity contribution in [3.8, 4) is 0 Å². The lowest BCUT2D eigenvalue weighted by Crippen LogP contribution is -2.27. The van der Waals surface area contributed by atoms with E-state index in [-0.39, 0.29) is 6.04 Å². The predicted octanol–water partition coefficient (Wildman–Crippen LogP) is 3.34. The summed E-state index contributed by atoms with van der Waals surface area (Å²) < 4.78 is 11.0. The van der Waals surface area contributed by atoms with Gasteiger partial charge in [-0.2, -0.15) is 4.98 Å². The van der Waals surface area contributed by atoms with E-state index in [1.165, 1.54) is 5.56 Å². The minimum atomic E-state index is -0.0884. The standard InChI is InChI=1S/C20H23N5O2/c1-14-22-20(27-25-14)19(16-8-11-26-12-9-16)24-17-7-10-21-18(23-17)13-15-5-3-2-4-6-15/h2-7,10,16,19H,8-9,11-13H2,1H3,(H,21,23,24)/t19-/m0/s1. The van der Waals surface area contributed by atoms with Crippen molar-refractivity contribution in [2.75, 3.05) is 18.5 Å². The van der Waals surface area contributed by atoms with Crippen molar-refractivity contribution in [1.82, 2.24) is 20.1 Å². The van der Waals surface area contributed by atoms with Gasteiger partial charge in [0.1, 0.15) is 17.7 Å². The average Bonchev–Trinajstić information content (AvgIpc) is 3.14. The smallest absolute Gasteiger partial charge is 0.249 e. The maximum absolute atomic E-state index is 5.51. The highest BCUT2D eigenvalue weighted by Crippen LogP contribution is 2.32. The molecule has 0 aliphatic carbocycles. The van der Waals surface area contributed by atoms with Crippen LogP contribution in [0.2, 0.25) is 0 Å². The summed E-state index contributed by atoms with van der Waals surface area (Å²) >= 11 is 0. The Morgan fingerprint density at radius 2 is 1.93 bits per heavy atom. The van der Waals surface area contributed by atoms with E-state index in [1.54, 1.807) is 6.20 Å². The van der Waals surface area contributed by atoms with Gasteiger partial charge >= 0.3 is 0 Å². The van der Waals surface area contributed by atoms with Crippen LogP contribution in [0.1, 0.15) is 42.0 Å². The fraction of sp³-hybridized carbons (Fsp3) is 0.400. The van der Waals surface area contributed by atoms with E-state index >= 15 is 0 Å². The zero-order valence-corrected chi connectivity index (χ0v) is 15.3. The zero-order valence-electron chi connectivity index (χ0n) is 15.3. The molecule has 1 atom stereocenters. The molecule has 1 saturated heterocycles. The normalized spacial score (nSPS) is 16.2. The van der Waals surface area contributed by atoms with Crippen molar-refractivity contribution in [3.63, 3.8) is 0 Å². The van der Waals surface area contributed by atoms with E-state index in [9.17, 15) is 0 Å². The second-order valence-electron chi connectivity index (χ2n) is 6.77. The van der Waals surface area contributed by atoms with Crippen molar-refractivity contribution in [1.29, 1.82) is 0 Å². The average molecular weight is 365 g/mol. The number of nitrogens with one attached hydrogen (secondary N) is 1. The van der Waals surface area contributed by atoms with Crippen molar-refractivity contribution in [2.45, 2.75) is 32.2 Å². The molecule has 4 rings (SSSR count). The summed E-state index contributed by atoms with van der Waals surface area (Å²) in [5.74, 6) is 3.13. The Kier molecular flexibility index (Phi) is 5.39. The van der Waals surface area contributed by atoms with Gasteiger partial charge in [-0.3, -0.25) is 0 Å². The van der Waals surface area contributed by atoms with Crippen LogP contribution in [0.5, 0.6) is 0 Å². The molecule has 7 heteroatoms. The number of anilines is 1. The van der Waals surface area contributed by atoms with Crippen LogP contribution in [0.3, 0.4) is 0 Å². The van der Waals surface area contributed by atoms with Crippen LogP contribution in [-0.4, -0.2) is 33.3 Å². The molecule has 1 aromatic carbocycles. The first-order valence-electron chi connectivity index (χ1n) is 9.28. The first kappa shape index (κ1) is 17.6. The number of rotatable bonds is 6. The summed E-state index contributed by atoms with van der Waals surface area (Å²) in [4.78, 5) is 13.5. The molecule has 27 heavy (non-hydrogen) atoms.